The van der Waals surface area contributed by atoms with E-state index < -0.39 is 18.0 Å². The van der Waals surface area contributed by atoms with Gasteiger partial charge in [-0.15, -0.1) is 13.2 Å². The average molecular weight is 447 g/mol. The molecule has 0 radical (unpaired) electrons. The molecule has 0 atom stereocenters. The standard InChI is InChI=1S/C18H18BrF3N2O3/c19-7-2-1-5-13-10-14(11-17(26)23-13)24-16(25)9-12-4-3-6-15(8-12)27-18(20,21)22/h3-4,6,8,10-11H,1-2,5,7,9H2,(H2,23,24,25,26). The Morgan fingerprint density at radius 1 is 1.19 bits per heavy atom. The quantitative estimate of drug-likeness (QED) is 0.472. The Labute approximate surface area is 162 Å². The average Bonchev–Trinajstić information content (AvgIpc) is 2.53. The molecule has 0 aliphatic carbocycles. The zero-order chi connectivity index (χ0) is 19.9. The molecule has 0 saturated carbocycles. The summed E-state index contributed by atoms with van der Waals surface area (Å²) in [5, 5.41) is 3.46. The molecule has 1 aromatic carbocycles. The summed E-state index contributed by atoms with van der Waals surface area (Å²) < 4.78 is 40.7. The van der Waals surface area contributed by atoms with E-state index in [1.54, 1.807) is 6.07 Å². The highest BCUT2D eigenvalue weighted by Gasteiger charge is 2.31. The monoisotopic (exact) mass is 446 g/mol. The molecule has 0 unspecified atom stereocenters. The molecule has 1 aromatic heterocycles. The number of anilines is 1. The number of halogens is 4. The van der Waals surface area contributed by atoms with Crippen molar-refractivity contribution in [1.82, 2.24) is 4.98 Å². The summed E-state index contributed by atoms with van der Waals surface area (Å²) in [5.74, 6) is -0.839. The second-order valence-corrected chi connectivity index (χ2v) is 6.62. The SMILES string of the molecule is O=C(Cc1cccc(OC(F)(F)F)c1)Nc1cc(CCCCBr)[nH]c(=O)c1. The van der Waals surface area contributed by atoms with Crippen LogP contribution in [-0.4, -0.2) is 22.6 Å². The maximum atomic E-state index is 12.3. The molecular formula is C18H18BrF3N2O3. The minimum Gasteiger partial charge on any atom is -0.406 e. The summed E-state index contributed by atoms with van der Waals surface area (Å²) >= 11 is 3.34. The van der Waals surface area contributed by atoms with Crippen LogP contribution in [0.1, 0.15) is 24.1 Å². The minimum absolute atomic E-state index is 0.152. The van der Waals surface area contributed by atoms with E-state index in [0.717, 1.165) is 30.3 Å². The third-order valence-electron chi connectivity index (χ3n) is 3.51. The number of pyridine rings is 1. The van der Waals surface area contributed by atoms with Gasteiger partial charge in [0.25, 0.3) is 0 Å². The topological polar surface area (TPSA) is 71.2 Å². The van der Waals surface area contributed by atoms with Gasteiger partial charge in [0.2, 0.25) is 11.5 Å². The number of hydrogen-bond donors (Lipinski definition) is 2. The van der Waals surface area contributed by atoms with Crippen molar-refractivity contribution in [2.24, 2.45) is 0 Å². The number of H-pyrrole nitrogens is 1. The number of unbranched alkanes of at least 4 members (excludes halogenated alkanes) is 1. The van der Waals surface area contributed by atoms with E-state index in [4.69, 9.17) is 0 Å². The lowest BCUT2D eigenvalue weighted by Gasteiger charge is -2.10. The van der Waals surface area contributed by atoms with Gasteiger partial charge in [0.1, 0.15) is 5.75 Å². The van der Waals surface area contributed by atoms with Gasteiger partial charge < -0.3 is 15.0 Å². The summed E-state index contributed by atoms with van der Waals surface area (Å²) in [6.07, 6.45) is -2.45. The van der Waals surface area contributed by atoms with Gasteiger partial charge in [-0.2, -0.15) is 0 Å². The molecule has 1 amide bonds. The molecule has 2 aromatic rings. The van der Waals surface area contributed by atoms with Gasteiger partial charge in [0.15, 0.2) is 0 Å². The number of amides is 1. The largest absolute Gasteiger partial charge is 0.573 e. The Balaban J connectivity index is 2.01. The summed E-state index contributed by atoms with van der Waals surface area (Å²) in [4.78, 5) is 26.6. The van der Waals surface area contributed by atoms with Crippen molar-refractivity contribution in [1.29, 1.82) is 0 Å². The van der Waals surface area contributed by atoms with Crippen molar-refractivity contribution in [2.45, 2.75) is 32.0 Å². The van der Waals surface area contributed by atoms with Crippen LogP contribution in [0.5, 0.6) is 5.75 Å². The minimum atomic E-state index is -4.79. The van der Waals surface area contributed by atoms with Crippen molar-refractivity contribution in [3.63, 3.8) is 0 Å². The second-order valence-electron chi connectivity index (χ2n) is 5.82. The van der Waals surface area contributed by atoms with Crippen LogP contribution in [-0.2, 0) is 17.6 Å². The van der Waals surface area contributed by atoms with Crippen LogP contribution in [0.15, 0.2) is 41.2 Å². The lowest BCUT2D eigenvalue weighted by Crippen LogP contribution is -2.18. The maximum absolute atomic E-state index is 12.3. The number of benzene rings is 1. The summed E-state index contributed by atoms with van der Waals surface area (Å²) in [5.41, 5.74) is 1.08. The Bertz CT molecular complexity index is 837. The van der Waals surface area contributed by atoms with Crippen LogP contribution in [0.25, 0.3) is 0 Å². The third kappa shape index (κ3) is 7.86. The van der Waals surface area contributed by atoms with Gasteiger partial charge in [-0.25, -0.2) is 0 Å². The van der Waals surface area contributed by atoms with E-state index in [2.05, 4.69) is 31.0 Å². The van der Waals surface area contributed by atoms with E-state index >= 15 is 0 Å². The molecule has 2 rings (SSSR count). The normalized spacial score (nSPS) is 11.3. The first kappa shape index (κ1) is 21.0. The number of nitrogens with one attached hydrogen (secondary N) is 2. The fourth-order valence-electron chi connectivity index (χ4n) is 2.46. The van der Waals surface area contributed by atoms with Crippen LogP contribution in [0, 0.1) is 0 Å². The summed E-state index contributed by atoms with van der Waals surface area (Å²) in [7, 11) is 0. The van der Waals surface area contributed by atoms with Gasteiger partial charge in [-0.3, -0.25) is 9.59 Å². The Morgan fingerprint density at radius 2 is 1.96 bits per heavy atom. The predicted molar refractivity (Wildman–Crippen MR) is 99.3 cm³/mol. The predicted octanol–water partition coefficient (Wildman–Crippen LogP) is 4.17. The van der Waals surface area contributed by atoms with Crippen molar-refractivity contribution in [2.75, 3.05) is 10.6 Å². The number of hydrogen-bond acceptors (Lipinski definition) is 3. The first-order valence-corrected chi connectivity index (χ1v) is 9.31. The van der Waals surface area contributed by atoms with Crippen molar-refractivity contribution in [3.05, 3.63) is 58.0 Å². The van der Waals surface area contributed by atoms with E-state index in [-0.39, 0.29) is 12.0 Å². The van der Waals surface area contributed by atoms with E-state index in [0.29, 0.717) is 23.4 Å². The number of carbonyl (C=O) groups is 1. The molecule has 146 valence electrons. The molecular weight excluding hydrogens is 429 g/mol. The molecule has 5 nitrogen and oxygen atoms in total. The highest BCUT2D eigenvalue weighted by atomic mass is 79.9. The van der Waals surface area contributed by atoms with Crippen LogP contribution in [0.3, 0.4) is 0 Å². The smallest absolute Gasteiger partial charge is 0.406 e. The summed E-state index contributed by atoms with van der Waals surface area (Å²) in [6, 6.07) is 8.14. The zero-order valence-corrected chi connectivity index (χ0v) is 15.8. The molecule has 1 heterocycles. The van der Waals surface area contributed by atoms with Gasteiger partial charge in [-0.05, 0) is 43.0 Å². The highest BCUT2D eigenvalue weighted by molar-refractivity contribution is 9.09. The van der Waals surface area contributed by atoms with Crippen LogP contribution < -0.4 is 15.6 Å². The van der Waals surface area contributed by atoms with Crippen LogP contribution >= 0.6 is 15.9 Å². The molecule has 0 spiro atoms. The van der Waals surface area contributed by atoms with E-state index in [1.807, 2.05) is 0 Å². The number of ether oxygens (including phenoxy) is 1. The van der Waals surface area contributed by atoms with Gasteiger partial charge in [0.05, 0.1) is 6.42 Å². The van der Waals surface area contributed by atoms with Gasteiger partial charge in [-0.1, -0.05) is 28.1 Å². The van der Waals surface area contributed by atoms with Crippen molar-refractivity contribution in [3.8, 4) is 5.75 Å². The van der Waals surface area contributed by atoms with Crippen LogP contribution in [0.4, 0.5) is 18.9 Å². The molecule has 27 heavy (non-hydrogen) atoms. The lowest BCUT2D eigenvalue weighted by molar-refractivity contribution is -0.274. The highest BCUT2D eigenvalue weighted by Crippen LogP contribution is 2.23. The zero-order valence-electron chi connectivity index (χ0n) is 14.2. The van der Waals surface area contributed by atoms with Crippen molar-refractivity contribution < 1.29 is 22.7 Å². The molecule has 0 fully saturated rings. The van der Waals surface area contributed by atoms with Crippen molar-refractivity contribution >= 4 is 27.5 Å². The van der Waals surface area contributed by atoms with E-state index in [9.17, 15) is 22.8 Å². The Hall–Kier alpha value is -2.29. The fourth-order valence-corrected chi connectivity index (χ4v) is 2.86. The second kappa shape index (κ2) is 9.59. The van der Waals surface area contributed by atoms with Gasteiger partial charge >= 0.3 is 6.36 Å². The van der Waals surface area contributed by atoms with E-state index in [1.165, 1.54) is 18.2 Å². The third-order valence-corrected chi connectivity index (χ3v) is 4.07. The number of carbonyl (C=O) groups excluding carboxylic acids is 1. The maximum Gasteiger partial charge on any atom is 0.573 e. The molecule has 0 aliphatic heterocycles. The first-order chi connectivity index (χ1) is 12.7. The molecule has 2 N–H and O–H groups in total. The molecule has 0 saturated heterocycles. The number of aryl methyl sites for hydroxylation is 1. The van der Waals surface area contributed by atoms with Gasteiger partial charge in [0, 0.05) is 22.8 Å². The Morgan fingerprint density at radius 3 is 2.67 bits per heavy atom. The molecule has 0 bridgehead atoms. The fraction of sp³-hybridized carbons (Fsp3) is 0.333. The number of alkyl halides is 4. The number of aromatic amines is 1. The lowest BCUT2D eigenvalue weighted by atomic mass is 10.1. The Kier molecular flexibility index (Phi) is 7.46. The summed E-state index contributed by atoms with van der Waals surface area (Å²) in [6.45, 7) is 0. The first-order valence-electron chi connectivity index (χ1n) is 8.19. The van der Waals surface area contributed by atoms with Crippen LogP contribution in [0.2, 0.25) is 0 Å². The number of aromatic nitrogens is 1. The number of rotatable bonds is 8. The molecule has 9 heteroatoms. The molecule has 0 aliphatic rings.